The Bertz CT molecular complexity index is 913. The second-order valence-corrected chi connectivity index (χ2v) is 5.92. The van der Waals surface area contributed by atoms with Crippen molar-refractivity contribution in [1.29, 1.82) is 0 Å². The molecular weight excluding hydrogens is 304 g/mol. The van der Waals surface area contributed by atoms with E-state index >= 15 is 0 Å². The Morgan fingerprint density at radius 2 is 1.79 bits per heavy atom. The Labute approximate surface area is 138 Å². The van der Waals surface area contributed by atoms with Gasteiger partial charge in [-0.3, -0.25) is 14.7 Å². The van der Waals surface area contributed by atoms with Crippen LogP contribution in [0.5, 0.6) is 0 Å². The number of hydrogen-bond acceptors (Lipinski definition) is 3. The van der Waals surface area contributed by atoms with Crippen LogP contribution in [0.1, 0.15) is 23.3 Å². The number of anilines is 2. The van der Waals surface area contributed by atoms with Crippen molar-refractivity contribution < 1.29 is 9.59 Å². The molecule has 0 unspecified atom stereocenters. The highest BCUT2D eigenvalue weighted by Crippen LogP contribution is 2.30. The molecule has 2 aromatic carbocycles. The Morgan fingerprint density at radius 3 is 2.54 bits per heavy atom. The first-order valence-corrected chi connectivity index (χ1v) is 7.86. The molecule has 1 aromatic heterocycles. The van der Waals surface area contributed by atoms with E-state index in [4.69, 9.17) is 0 Å². The lowest BCUT2D eigenvalue weighted by atomic mass is 10.1. The summed E-state index contributed by atoms with van der Waals surface area (Å²) in [4.78, 5) is 24.4. The molecule has 1 saturated carbocycles. The summed E-state index contributed by atoms with van der Waals surface area (Å²) < 4.78 is 0. The number of aromatic nitrogens is 2. The zero-order valence-electron chi connectivity index (χ0n) is 12.9. The fourth-order valence-electron chi connectivity index (χ4n) is 2.57. The lowest BCUT2D eigenvalue weighted by Gasteiger charge is -2.05. The van der Waals surface area contributed by atoms with Crippen molar-refractivity contribution in [3.8, 4) is 0 Å². The topological polar surface area (TPSA) is 86.9 Å². The second kappa shape index (κ2) is 5.81. The molecule has 0 spiro atoms. The number of fused-ring (bicyclic) bond motifs is 1. The number of para-hydroxylation sites is 1. The molecule has 2 amide bonds. The van der Waals surface area contributed by atoms with Crippen LogP contribution in [0.15, 0.2) is 48.5 Å². The molecule has 1 aliphatic rings. The molecule has 1 heterocycles. The fraction of sp³-hybridized carbons (Fsp3) is 0.167. The van der Waals surface area contributed by atoms with Crippen molar-refractivity contribution in [2.75, 3.05) is 10.6 Å². The van der Waals surface area contributed by atoms with Crippen molar-refractivity contribution in [3.05, 3.63) is 54.2 Å². The maximum absolute atomic E-state index is 12.5. The minimum absolute atomic E-state index is 0.0353. The van der Waals surface area contributed by atoms with Crippen LogP contribution < -0.4 is 10.6 Å². The Kier molecular flexibility index (Phi) is 3.49. The number of rotatable bonds is 4. The van der Waals surface area contributed by atoms with Crippen molar-refractivity contribution in [2.24, 2.45) is 5.92 Å². The zero-order valence-corrected chi connectivity index (χ0v) is 12.9. The lowest BCUT2D eigenvalue weighted by molar-refractivity contribution is -0.117. The molecule has 0 radical (unpaired) electrons. The fourth-order valence-corrected chi connectivity index (χ4v) is 2.57. The van der Waals surface area contributed by atoms with Gasteiger partial charge in [-0.15, -0.1) is 0 Å². The molecule has 0 bridgehead atoms. The van der Waals surface area contributed by atoms with Crippen LogP contribution in [0.4, 0.5) is 11.4 Å². The first-order chi connectivity index (χ1) is 11.7. The monoisotopic (exact) mass is 320 g/mol. The highest BCUT2D eigenvalue weighted by Gasteiger charge is 2.29. The van der Waals surface area contributed by atoms with E-state index in [1.165, 1.54) is 0 Å². The van der Waals surface area contributed by atoms with E-state index in [0.29, 0.717) is 22.5 Å². The van der Waals surface area contributed by atoms with Gasteiger partial charge in [-0.05, 0) is 43.2 Å². The quantitative estimate of drug-likeness (QED) is 0.690. The molecule has 24 heavy (non-hydrogen) atoms. The van der Waals surface area contributed by atoms with Crippen LogP contribution >= 0.6 is 0 Å². The highest BCUT2D eigenvalue weighted by molar-refractivity contribution is 6.11. The van der Waals surface area contributed by atoms with Gasteiger partial charge in [0.25, 0.3) is 5.91 Å². The van der Waals surface area contributed by atoms with Gasteiger partial charge < -0.3 is 10.6 Å². The summed E-state index contributed by atoms with van der Waals surface area (Å²) in [6.07, 6.45) is 1.90. The number of H-pyrrole nitrogens is 1. The van der Waals surface area contributed by atoms with E-state index in [2.05, 4.69) is 20.8 Å². The molecule has 6 nitrogen and oxygen atoms in total. The van der Waals surface area contributed by atoms with Gasteiger partial charge in [0.2, 0.25) is 5.91 Å². The minimum atomic E-state index is -0.293. The standard InChI is InChI=1S/C18H16N4O2/c23-17(11-6-7-11)20-13-8-9-15-14(10-13)16(22-21-15)18(24)19-12-4-2-1-3-5-12/h1-5,8-11H,6-7H2,(H,19,24)(H,20,23)(H,21,22). The van der Waals surface area contributed by atoms with Gasteiger partial charge >= 0.3 is 0 Å². The number of nitrogens with zero attached hydrogens (tertiary/aromatic N) is 1. The maximum Gasteiger partial charge on any atom is 0.276 e. The molecule has 3 N–H and O–H groups in total. The van der Waals surface area contributed by atoms with E-state index in [1.54, 1.807) is 12.1 Å². The van der Waals surface area contributed by atoms with Crippen LogP contribution in [0.2, 0.25) is 0 Å². The number of hydrogen-bond donors (Lipinski definition) is 3. The second-order valence-electron chi connectivity index (χ2n) is 5.92. The number of carbonyl (C=O) groups excluding carboxylic acids is 2. The molecule has 6 heteroatoms. The van der Waals surface area contributed by atoms with E-state index in [-0.39, 0.29) is 17.7 Å². The van der Waals surface area contributed by atoms with E-state index in [9.17, 15) is 9.59 Å². The molecule has 4 rings (SSSR count). The summed E-state index contributed by atoms with van der Waals surface area (Å²) in [6.45, 7) is 0. The predicted octanol–water partition coefficient (Wildman–Crippen LogP) is 3.16. The molecule has 0 saturated heterocycles. The van der Waals surface area contributed by atoms with Crippen LogP contribution in [-0.4, -0.2) is 22.0 Å². The van der Waals surface area contributed by atoms with Crippen molar-refractivity contribution in [3.63, 3.8) is 0 Å². The molecule has 1 aliphatic carbocycles. The Balaban J connectivity index is 1.60. The van der Waals surface area contributed by atoms with Crippen LogP contribution in [-0.2, 0) is 4.79 Å². The third kappa shape index (κ3) is 2.86. The summed E-state index contributed by atoms with van der Waals surface area (Å²) in [5.74, 6) is -0.128. The van der Waals surface area contributed by atoms with E-state index < -0.39 is 0 Å². The van der Waals surface area contributed by atoms with Crippen LogP contribution in [0.25, 0.3) is 10.9 Å². The summed E-state index contributed by atoms with van der Waals surface area (Å²) in [5, 5.41) is 13.3. The number of amides is 2. The summed E-state index contributed by atoms with van der Waals surface area (Å²) in [6, 6.07) is 14.6. The molecule has 0 aliphatic heterocycles. The maximum atomic E-state index is 12.5. The minimum Gasteiger partial charge on any atom is -0.326 e. The van der Waals surface area contributed by atoms with Gasteiger partial charge in [0.05, 0.1) is 5.52 Å². The Morgan fingerprint density at radius 1 is 1.00 bits per heavy atom. The number of nitrogens with one attached hydrogen (secondary N) is 3. The average Bonchev–Trinajstić information content (AvgIpc) is 3.36. The third-order valence-electron chi connectivity index (χ3n) is 4.03. The summed E-state index contributed by atoms with van der Waals surface area (Å²) in [7, 11) is 0. The van der Waals surface area contributed by atoms with Gasteiger partial charge in [0, 0.05) is 22.7 Å². The zero-order chi connectivity index (χ0) is 16.5. The van der Waals surface area contributed by atoms with Crippen molar-refractivity contribution in [2.45, 2.75) is 12.8 Å². The van der Waals surface area contributed by atoms with Crippen molar-refractivity contribution in [1.82, 2.24) is 10.2 Å². The average molecular weight is 320 g/mol. The van der Waals surface area contributed by atoms with Crippen LogP contribution in [0, 0.1) is 5.92 Å². The third-order valence-corrected chi connectivity index (χ3v) is 4.03. The number of carbonyl (C=O) groups is 2. The number of aromatic amines is 1. The first kappa shape index (κ1) is 14.4. The summed E-state index contributed by atoms with van der Waals surface area (Å²) >= 11 is 0. The molecule has 0 atom stereocenters. The van der Waals surface area contributed by atoms with Crippen molar-refractivity contribution >= 4 is 34.1 Å². The predicted molar refractivity (Wildman–Crippen MR) is 91.8 cm³/mol. The van der Waals surface area contributed by atoms with Crippen LogP contribution in [0.3, 0.4) is 0 Å². The van der Waals surface area contributed by atoms with Gasteiger partial charge in [0.15, 0.2) is 5.69 Å². The van der Waals surface area contributed by atoms with Gasteiger partial charge in [-0.25, -0.2) is 0 Å². The smallest absolute Gasteiger partial charge is 0.276 e. The van der Waals surface area contributed by atoms with E-state index in [1.807, 2.05) is 36.4 Å². The molecule has 120 valence electrons. The molecule has 1 fully saturated rings. The normalized spacial score (nSPS) is 13.7. The van der Waals surface area contributed by atoms with Gasteiger partial charge in [-0.1, -0.05) is 18.2 Å². The Hall–Kier alpha value is -3.15. The highest BCUT2D eigenvalue weighted by atomic mass is 16.2. The molecular formula is C18H16N4O2. The lowest BCUT2D eigenvalue weighted by Crippen LogP contribution is -2.14. The van der Waals surface area contributed by atoms with Gasteiger partial charge in [-0.2, -0.15) is 5.10 Å². The molecule has 3 aromatic rings. The van der Waals surface area contributed by atoms with E-state index in [0.717, 1.165) is 18.4 Å². The SMILES string of the molecule is O=C(Nc1ccccc1)c1n[nH]c2ccc(NC(=O)C3CC3)cc12. The summed E-state index contributed by atoms with van der Waals surface area (Å²) in [5.41, 5.74) is 2.43. The van der Waals surface area contributed by atoms with Gasteiger partial charge in [0.1, 0.15) is 0 Å². The number of benzene rings is 2. The largest absolute Gasteiger partial charge is 0.326 e. The first-order valence-electron chi connectivity index (χ1n) is 7.86.